The van der Waals surface area contributed by atoms with Crippen LogP contribution in [0.15, 0.2) is 60.7 Å². The quantitative estimate of drug-likeness (QED) is 0.911. The lowest BCUT2D eigenvalue weighted by molar-refractivity contribution is -0.131. The topological polar surface area (TPSA) is 44.4 Å². The van der Waals surface area contributed by atoms with E-state index < -0.39 is 5.54 Å². The number of hydrogen-bond acceptors (Lipinski definition) is 4. The number of nitrogens with one attached hydrogen (secondary N) is 2. The average Bonchev–Trinajstić information content (AvgIpc) is 2.82. The maximum atomic E-state index is 13.0. The summed E-state index contributed by atoms with van der Waals surface area (Å²) < 4.78 is 0. The molecular formula is C17H19N3OS. The first-order valence-corrected chi connectivity index (χ1v) is 8.45. The summed E-state index contributed by atoms with van der Waals surface area (Å²) in [6.07, 6.45) is 1.99. The van der Waals surface area contributed by atoms with Gasteiger partial charge in [-0.05, 0) is 30.9 Å². The minimum absolute atomic E-state index is 0.0157. The van der Waals surface area contributed by atoms with Crippen molar-refractivity contribution < 1.29 is 4.79 Å². The van der Waals surface area contributed by atoms with Gasteiger partial charge in [-0.1, -0.05) is 48.5 Å². The van der Waals surface area contributed by atoms with E-state index in [1.54, 1.807) is 16.8 Å². The minimum atomic E-state index is -0.725. The van der Waals surface area contributed by atoms with Crippen LogP contribution in [0.5, 0.6) is 0 Å². The number of benzene rings is 2. The molecule has 0 saturated carbocycles. The Bertz CT molecular complexity index is 649. The molecule has 0 spiro atoms. The Morgan fingerprint density at radius 1 is 1.09 bits per heavy atom. The lowest BCUT2D eigenvalue weighted by Gasteiger charge is -2.24. The third kappa shape index (κ3) is 2.58. The number of rotatable bonds is 4. The zero-order valence-corrected chi connectivity index (χ0v) is 13.4. The van der Waals surface area contributed by atoms with Crippen LogP contribution in [-0.2, 0) is 10.3 Å². The van der Waals surface area contributed by atoms with Gasteiger partial charge in [0.2, 0.25) is 0 Å². The Hall–Kier alpha value is -1.98. The van der Waals surface area contributed by atoms with Crippen molar-refractivity contribution in [2.45, 2.75) is 18.0 Å². The van der Waals surface area contributed by atoms with Crippen molar-refractivity contribution in [1.82, 2.24) is 10.3 Å². The van der Waals surface area contributed by atoms with Crippen molar-refractivity contribution in [1.29, 1.82) is 0 Å². The zero-order valence-electron chi connectivity index (χ0n) is 12.6. The van der Waals surface area contributed by atoms with E-state index in [4.69, 9.17) is 0 Å². The molecule has 0 aromatic heterocycles. The minimum Gasteiger partial charge on any atom is -0.294 e. The van der Waals surface area contributed by atoms with Crippen molar-refractivity contribution in [3.8, 4) is 0 Å². The Morgan fingerprint density at radius 3 is 2.27 bits per heavy atom. The lowest BCUT2D eigenvalue weighted by atomic mass is 9.92. The van der Waals surface area contributed by atoms with E-state index in [0.717, 1.165) is 11.3 Å². The van der Waals surface area contributed by atoms with Gasteiger partial charge in [0.15, 0.2) is 5.50 Å². The Morgan fingerprint density at radius 2 is 1.68 bits per heavy atom. The van der Waals surface area contributed by atoms with Crippen molar-refractivity contribution in [2.24, 2.45) is 0 Å². The van der Waals surface area contributed by atoms with Crippen LogP contribution >= 0.6 is 11.8 Å². The molecule has 2 atom stereocenters. The van der Waals surface area contributed by atoms with E-state index in [-0.39, 0.29) is 11.4 Å². The number of nitrogens with zero attached hydrogens (tertiary/aromatic N) is 1. The summed E-state index contributed by atoms with van der Waals surface area (Å²) in [6.45, 7) is 1.93. The molecule has 5 heteroatoms. The SMILES string of the molecule is CSC1NC(C)(c2ccccc2)C(=O)N1Nc1ccccc1. The van der Waals surface area contributed by atoms with Gasteiger partial charge in [0.25, 0.3) is 5.91 Å². The van der Waals surface area contributed by atoms with Crippen LogP contribution < -0.4 is 10.7 Å². The van der Waals surface area contributed by atoms with Crippen molar-refractivity contribution in [3.05, 3.63) is 66.2 Å². The lowest BCUT2D eigenvalue weighted by Crippen LogP contribution is -2.41. The maximum Gasteiger partial charge on any atom is 0.267 e. The first-order chi connectivity index (χ1) is 10.6. The highest BCUT2D eigenvalue weighted by molar-refractivity contribution is 7.99. The molecule has 2 aromatic rings. The molecule has 1 heterocycles. The predicted octanol–water partition coefficient (Wildman–Crippen LogP) is 3.01. The highest BCUT2D eigenvalue weighted by atomic mass is 32.2. The summed E-state index contributed by atoms with van der Waals surface area (Å²) in [4.78, 5) is 13.0. The molecule has 4 nitrogen and oxygen atoms in total. The van der Waals surface area contributed by atoms with Gasteiger partial charge in [-0.3, -0.25) is 15.5 Å². The van der Waals surface area contributed by atoms with E-state index in [0.29, 0.717) is 0 Å². The van der Waals surface area contributed by atoms with Crippen LogP contribution in [0.2, 0.25) is 0 Å². The molecule has 1 aliphatic rings. The largest absolute Gasteiger partial charge is 0.294 e. The molecule has 0 radical (unpaired) electrons. The maximum absolute atomic E-state index is 13.0. The zero-order chi connectivity index (χ0) is 15.6. The standard InChI is InChI=1S/C17H19N3OS/c1-17(13-9-5-3-6-10-13)15(21)20(16(18-17)22-2)19-14-11-7-4-8-12-14/h3-12,16,18-19H,1-2H3. The Balaban J connectivity index is 1.90. The molecule has 1 amide bonds. The molecule has 3 rings (SSSR count). The average molecular weight is 313 g/mol. The van der Waals surface area contributed by atoms with Crippen molar-refractivity contribution in [3.63, 3.8) is 0 Å². The fourth-order valence-corrected chi connectivity index (χ4v) is 3.34. The van der Waals surface area contributed by atoms with Crippen LogP contribution in [0.4, 0.5) is 5.69 Å². The first kappa shape index (κ1) is 14.9. The van der Waals surface area contributed by atoms with Crippen LogP contribution in [0.25, 0.3) is 0 Å². The fraction of sp³-hybridized carbons (Fsp3) is 0.235. The van der Waals surface area contributed by atoms with E-state index in [1.165, 1.54) is 0 Å². The molecule has 114 valence electrons. The van der Waals surface area contributed by atoms with Gasteiger partial charge in [-0.15, -0.1) is 11.8 Å². The van der Waals surface area contributed by atoms with Gasteiger partial charge >= 0.3 is 0 Å². The molecule has 0 bridgehead atoms. The second-order valence-corrected chi connectivity index (χ2v) is 6.29. The fourth-order valence-electron chi connectivity index (χ4n) is 2.62. The molecule has 1 fully saturated rings. The number of para-hydroxylation sites is 1. The predicted molar refractivity (Wildman–Crippen MR) is 91.1 cm³/mol. The van der Waals surface area contributed by atoms with Crippen LogP contribution in [0.3, 0.4) is 0 Å². The Labute approximate surface area is 134 Å². The van der Waals surface area contributed by atoms with Gasteiger partial charge in [0.05, 0.1) is 5.69 Å². The summed E-state index contributed by atoms with van der Waals surface area (Å²) in [5.41, 5.74) is 4.23. The highest BCUT2D eigenvalue weighted by Crippen LogP contribution is 2.33. The molecule has 22 heavy (non-hydrogen) atoms. The van der Waals surface area contributed by atoms with Gasteiger partial charge in [0.1, 0.15) is 5.54 Å². The summed E-state index contributed by atoms with van der Waals surface area (Å²) in [6, 6.07) is 19.6. The second kappa shape index (κ2) is 6.02. The molecule has 2 aromatic carbocycles. The normalized spacial score (nSPS) is 24.5. The first-order valence-electron chi connectivity index (χ1n) is 7.16. The van der Waals surface area contributed by atoms with E-state index >= 15 is 0 Å². The number of carbonyl (C=O) groups excluding carboxylic acids is 1. The summed E-state index contributed by atoms with van der Waals surface area (Å²) in [5, 5.41) is 5.10. The van der Waals surface area contributed by atoms with Gasteiger partial charge in [0, 0.05) is 0 Å². The van der Waals surface area contributed by atoms with E-state index in [9.17, 15) is 4.79 Å². The second-order valence-electron chi connectivity index (χ2n) is 5.38. The molecule has 2 unspecified atom stereocenters. The van der Waals surface area contributed by atoms with Gasteiger partial charge in [-0.2, -0.15) is 0 Å². The van der Waals surface area contributed by atoms with E-state index in [1.807, 2.05) is 73.8 Å². The smallest absolute Gasteiger partial charge is 0.267 e. The third-order valence-electron chi connectivity index (χ3n) is 3.89. The summed E-state index contributed by atoms with van der Waals surface area (Å²) >= 11 is 1.59. The number of hydrazine groups is 1. The number of hydrogen-bond donors (Lipinski definition) is 2. The van der Waals surface area contributed by atoms with E-state index in [2.05, 4.69) is 10.7 Å². The number of carbonyl (C=O) groups is 1. The van der Waals surface area contributed by atoms with Gasteiger partial charge < -0.3 is 0 Å². The highest BCUT2D eigenvalue weighted by Gasteiger charge is 2.49. The number of amides is 1. The molecular weight excluding hydrogens is 294 g/mol. The summed E-state index contributed by atoms with van der Waals surface area (Å²) in [5.74, 6) is 0.0157. The van der Waals surface area contributed by atoms with Crippen LogP contribution in [-0.4, -0.2) is 22.7 Å². The molecule has 1 saturated heterocycles. The summed E-state index contributed by atoms with van der Waals surface area (Å²) in [7, 11) is 0. The van der Waals surface area contributed by atoms with Gasteiger partial charge in [-0.25, -0.2) is 5.01 Å². The Kier molecular flexibility index (Phi) is 4.09. The monoisotopic (exact) mass is 313 g/mol. The molecule has 2 N–H and O–H groups in total. The third-order valence-corrected chi connectivity index (χ3v) is 4.67. The number of thioether (sulfide) groups is 1. The van der Waals surface area contributed by atoms with Crippen molar-refractivity contribution in [2.75, 3.05) is 11.7 Å². The number of anilines is 1. The molecule has 0 aliphatic carbocycles. The van der Waals surface area contributed by atoms with Crippen molar-refractivity contribution >= 4 is 23.4 Å². The van der Waals surface area contributed by atoms with Crippen LogP contribution in [0.1, 0.15) is 12.5 Å². The molecule has 1 aliphatic heterocycles. The van der Waals surface area contributed by atoms with Crippen LogP contribution in [0, 0.1) is 0 Å².